The third kappa shape index (κ3) is 22.4. The molecule has 0 aromatic heterocycles. The molecule has 8 heteroatoms. The zero-order valence-electron chi connectivity index (χ0n) is 24.5. The fourth-order valence-electron chi connectivity index (χ4n) is 4.43. The normalized spacial score (nSPS) is 15.8. The summed E-state index contributed by atoms with van der Waals surface area (Å²) in [6.45, 7) is 8.37. The Morgan fingerprint density at radius 2 is 1.27 bits per heavy atom. The summed E-state index contributed by atoms with van der Waals surface area (Å²) in [5.74, 6) is -0.166. The lowest BCUT2D eigenvalue weighted by Crippen LogP contribution is -2.36. The predicted molar refractivity (Wildman–Crippen MR) is 159 cm³/mol. The number of hydrogen-bond acceptors (Lipinski definition) is 5. The first-order valence-electron chi connectivity index (χ1n) is 15.2. The van der Waals surface area contributed by atoms with E-state index in [2.05, 4.69) is 13.8 Å². The summed E-state index contributed by atoms with van der Waals surface area (Å²) in [5.41, 5.74) is 0. The molecule has 2 N–H and O–H groups in total. The van der Waals surface area contributed by atoms with Crippen LogP contribution in [0, 0.1) is 0 Å². The number of carboxylic acid groups (broad SMARTS) is 1. The maximum atomic E-state index is 12.3. The van der Waals surface area contributed by atoms with Crippen molar-refractivity contribution in [2.75, 3.05) is 18.5 Å². The van der Waals surface area contributed by atoms with Gasteiger partial charge in [0.1, 0.15) is 0 Å². The number of carboxylic acids is 1. The van der Waals surface area contributed by atoms with Crippen LogP contribution in [0.5, 0.6) is 0 Å². The fraction of sp³-hybridized carbons (Fsp3) is 0.966. The van der Waals surface area contributed by atoms with E-state index in [-0.39, 0.29) is 18.0 Å². The zero-order chi connectivity index (χ0) is 27.8. The highest BCUT2D eigenvalue weighted by Gasteiger charge is 2.33. The van der Waals surface area contributed by atoms with Gasteiger partial charge in [-0.15, -0.1) is 0 Å². The number of carbonyl (C=O) groups is 1. The van der Waals surface area contributed by atoms with E-state index in [0.717, 1.165) is 18.6 Å². The summed E-state index contributed by atoms with van der Waals surface area (Å²) in [4.78, 5) is 21.9. The molecule has 0 heterocycles. The van der Waals surface area contributed by atoms with E-state index in [1.54, 1.807) is 0 Å². The highest BCUT2D eigenvalue weighted by Crippen LogP contribution is 2.43. The van der Waals surface area contributed by atoms with E-state index in [1.807, 2.05) is 25.6 Å². The second-order valence-corrected chi connectivity index (χ2v) is 13.7. The standard InChI is InChI=1S/C29H59O6PS/c1-5-8-10-12-14-15-17-19-21-24-37-28(22-20-18-16-13-11-9-6-2)26(4)35-27(29(30)31)25-36(32,33)34-23-7-3/h26-28H,5-25H2,1-4H3,(H,30,31)(H,32,33). The lowest BCUT2D eigenvalue weighted by Gasteiger charge is -2.27. The second-order valence-electron chi connectivity index (χ2n) is 10.5. The summed E-state index contributed by atoms with van der Waals surface area (Å²) in [6.07, 6.45) is 19.8. The highest BCUT2D eigenvalue weighted by atomic mass is 32.2. The molecule has 0 saturated heterocycles. The van der Waals surface area contributed by atoms with Gasteiger partial charge in [-0.3, -0.25) is 4.57 Å². The van der Waals surface area contributed by atoms with Gasteiger partial charge in [-0.2, -0.15) is 11.8 Å². The maximum absolute atomic E-state index is 12.3. The Kier molecular flexibility index (Phi) is 24.9. The molecule has 0 rings (SSSR count). The molecule has 222 valence electrons. The molecule has 0 aliphatic heterocycles. The first kappa shape index (κ1) is 36.9. The minimum absolute atomic E-state index is 0.130. The van der Waals surface area contributed by atoms with Gasteiger partial charge in [0.2, 0.25) is 0 Å². The van der Waals surface area contributed by atoms with Crippen LogP contribution in [0.15, 0.2) is 0 Å². The van der Waals surface area contributed by atoms with Crippen molar-refractivity contribution < 1.29 is 28.6 Å². The van der Waals surface area contributed by atoms with Crippen molar-refractivity contribution in [3.8, 4) is 0 Å². The highest BCUT2D eigenvalue weighted by molar-refractivity contribution is 7.99. The number of unbranched alkanes of at least 4 members (excludes halogenated alkanes) is 14. The Hall–Kier alpha value is -0.0700. The molecule has 0 saturated carbocycles. The van der Waals surface area contributed by atoms with Crippen LogP contribution >= 0.6 is 19.4 Å². The predicted octanol–water partition coefficient (Wildman–Crippen LogP) is 9.23. The average Bonchev–Trinajstić information content (AvgIpc) is 2.86. The molecule has 0 amide bonds. The van der Waals surface area contributed by atoms with Crippen molar-refractivity contribution in [2.45, 2.75) is 161 Å². The molecule has 0 aromatic rings. The zero-order valence-corrected chi connectivity index (χ0v) is 26.2. The van der Waals surface area contributed by atoms with Gasteiger partial charge in [0.25, 0.3) is 0 Å². The smallest absolute Gasteiger partial charge is 0.333 e. The Morgan fingerprint density at radius 3 is 1.76 bits per heavy atom. The molecule has 37 heavy (non-hydrogen) atoms. The lowest BCUT2D eigenvalue weighted by atomic mass is 10.1. The molecule has 0 aromatic carbocycles. The van der Waals surface area contributed by atoms with Crippen LogP contribution in [0.25, 0.3) is 0 Å². The van der Waals surface area contributed by atoms with Crippen LogP contribution in [-0.2, 0) is 18.6 Å². The molecule has 4 atom stereocenters. The molecule has 0 spiro atoms. The number of thioether (sulfide) groups is 1. The topological polar surface area (TPSA) is 93.1 Å². The van der Waals surface area contributed by atoms with Crippen LogP contribution in [0.3, 0.4) is 0 Å². The summed E-state index contributed by atoms with van der Waals surface area (Å²) < 4.78 is 23.2. The van der Waals surface area contributed by atoms with Crippen LogP contribution in [0.1, 0.15) is 143 Å². The SMILES string of the molecule is CCCCCCCCCCCSC(CCCCCCCCC)C(C)OC(CP(=O)(O)OCCC)C(=O)O. The van der Waals surface area contributed by atoms with Gasteiger partial charge in [0.15, 0.2) is 6.10 Å². The Balaban J connectivity index is 4.69. The third-order valence-electron chi connectivity index (χ3n) is 6.74. The largest absolute Gasteiger partial charge is 0.479 e. The molecule has 4 unspecified atom stereocenters. The van der Waals surface area contributed by atoms with Crippen molar-refractivity contribution in [1.82, 2.24) is 0 Å². The molecule has 6 nitrogen and oxygen atoms in total. The van der Waals surface area contributed by atoms with Gasteiger partial charge in [-0.25, -0.2) is 4.79 Å². The number of ether oxygens (including phenoxy) is 1. The second kappa shape index (κ2) is 24.9. The van der Waals surface area contributed by atoms with E-state index < -0.39 is 25.8 Å². The minimum Gasteiger partial charge on any atom is -0.479 e. The molecule has 0 aliphatic carbocycles. The Labute approximate surface area is 233 Å². The molecular weight excluding hydrogens is 507 g/mol. The van der Waals surface area contributed by atoms with E-state index >= 15 is 0 Å². The molecule has 0 bridgehead atoms. The summed E-state index contributed by atoms with van der Waals surface area (Å²) in [5, 5.41) is 9.84. The van der Waals surface area contributed by atoms with Gasteiger partial charge in [0, 0.05) is 5.25 Å². The van der Waals surface area contributed by atoms with Crippen LogP contribution < -0.4 is 0 Å². The first-order chi connectivity index (χ1) is 17.8. The van der Waals surface area contributed by atoms with Gasteiger partial charge >= 0.3 is 13.6 Å². The van der Waals surface area contributed by atoms with E-state index in [0.29, 0.717) is 6.42 Å². The van der Waals surface area contributed by atoms with E-state index in [1.165, 1.54) is 96.3 Å². The molecule has 0 fully saturated rings. The van der Waals surface area contributed by atoms with E-state index in [4.69, 9.17) is 9.26 Å². The van der Waals surface area contributed by atoms with Gasteiger partial charge < -0.3 is 19.3 Å². The van der Waals surface area contributed by atoms with Gasteiger partial charge in [0.05, 0.1) is 18.9 Å². The van der Waals surface area contributed by atoms with Gasteiger partial charge in [-0.05, 0) is 31.9 Å². The van der Waals surface area contributed by atoms with Crippen LogP contribution in [0.2, 0.25) is 0 Å². The number of hydrogen-bond donors (Lipinski definition) is 2. The third-order valence-corrected chi connectivity index (χ3v) is 9.69. The van der Waals surface area contributed by atoms with Crippen molar-refractivity contribution in [3.05, 3.63) is 0 Å². The summed E-state index contributed by atoms with van der Waals surface area (Å²) in [6, 6.07) is 0. The summed E-state index contributed by atoms with van der Waals surface area (Å²) in [7, 11) is -4.00. The molecule has 0 aliphatic rings. The maximum Gasteiger partial charge on any atom is 0.333 e. The van der Waals surface area contributed by atoms with Crippen molar-refractivity contribution in [1.29, 1.82) is 0 Å². The monoisotopic (exact) mass is 566 g/mol. The molecular formula is C29H59O6PS. The van der Waals surface area contributed by atoms with E-state index in [9.17, 15) is 19.4 Å². The minimum atomic E-state index is -4.00. The first-order valence-corrected chi connectivity index (χ1v) is 18.0. The quantitative estimate of drug-likeness (QED) is 0.0720. The lowest BCUT2D eigenvalue weighted by molar-refractivity contribution is -0.152. The Morgan fingerprint density at radius 1 is 0.784 bits per heavy atom. The van der Waals surface area contributed by atoms with Crippen molar-refractivity contribution in [2.24, 2.45) is 0 Å². The van der Waals surface area contributed by atoms with Crippen LogP contribution in [0.4, 0.5) is 0 Å². The van der Waals surface area contributed by atoms with Crippen LogP contribution in [-0.4, -0.2) is 51.9 Å². The summed E-state index contributed by atoms with van der Waals surface area (Å²) >= 11 is 1.88. The Bertz CT molecular complexity index is 577. The van der Waals surface area contributed by atoms with Crippen molar-refractivity contribution in [3.63, 3.8) is 0 Å². The number of aliphatic carboxylic acids is 1. The average molecular weight is 567 g/mol. The van der Waals surface area contributed by atoms with Crippen molar-refractivity contribution >= 4 is 25.3 Å². The number of rotatable bonds is 28. The van der Waals surface area contributed by atoms with Gasteiger partial charge in [-0.1, -0.05) is 117 Å². The fourth-order valence-corrected chi connectivity index (χ4v) is 7.00. The molecule has 0 radical (unpaired) electrons.